The fourth-order valence-electron chi connectivity index (χ4n) is 2.21. The van der Waals surface area contributed by atoms with Crippen molar-refractivity contribution < 1.29 is 0 Å². The molecular formula is C14H14N2. The van der Waals surface area contributed by atoms with Gasteiger partial charge in [0, 0.05) is 12.7 Å². The molecule has 0 spiro atoms. The van der Waals surface area contributed by atoms with Gasteiger partial charge in [0.25, 0.3) is 0 Å². The molecule has 16 heavy (non-hydrogen) atoms. The van der Waals surface area contributed by atoms with Crippen LogP contribution in [0, 0.1) is 0 Å². The molecule has 0 saturated carbocycles. The van der Waals surface area contributed by atoms with Crippen LogP contribution in [0.3, 0.4) is 0 Å². The van der Waals surface area contributed by atoms with Crippen LogP contribution in [0.5, 0.6) is 0 Å². The highest BCUT2D eigenvalue weighted by atomic mass is 15.3. The summed E-state index contributed by atoms with van der Waals surface area (Å²) in [6, 6.07) is 17.2. The van der Waals surface area contributed by atoms with Crippen molar-refractivity contribution in [3.05, 3.63) is 60.3 Å². The van der Waals surface area contributed by atoms with Crippen LogP contribution in [0.1, 0.15) is 18.0 Å². The van der Waals surface area contributed by atoms with Gasteiger partial charge in [-0.2, -0.15) is 0 Å². The predicted molar refractivity (Wildman–Crippen MR) is 65.4 cm³/mol. The second-order valence-corrected chi connectivity index (χ2v) is 4.10. The van der Waals surface area contributed by atoms with E-state index >= 15 is 0 Å². The Morgan fingerprint density at radius 1 is 1.00 bits per heavy atom. The Morgan fingerprint density at radius 3 is 2.44 bits per heavy atom. The Kier molecular flexibility index (Phi) is 2.33. The van der Waals surface area contributed by atoms with Crippen molar-refractivity contribution in [2.45, 2.75) is 12.5 Å². The molecule has 1 aromatic heterocycles. The van der Waals surface area contributed by atoms with E-state index in [0.29, 0.717) is 6.04 Å². The standard InChI is InChI=1S/C14H14N2/c1-2-6-12(7-3-1)13-9-11-16(13)14-8-4-5-10-15-14/h1-8,10,13H,9,11H2. The molecule has 1 aliphatic rings. The summed E-state index contributed by atoms with van der Waals surface area (Å²) in [5.74, 6) is 1.09. The molecule has 1 aromatic carbocycles. The van der Waals surface area contributed by atoms with Crippen molar-refractivity contribution >= 4 is 5.82 Å². The van der Waals surface area contributed by atoms with Crippen molar-refractivity contribution in [3.63, 3.8) is 0 Å². The molecule has 1 atom stereocenters. The van der Waals surface area contributed by atoms with Gasteiger partial charge >= 0.3 is 0 Å². The summed E-state index contributed by atoms with van der Waals surface area (Å²) < 4.78 is 0. The van der Waals surface area contributed by atoms with Gasteiger partial charge in [-0.25, -0.2) is 4.98 Å². The van der Waals surface area contributed by atoms with E-state index in [9.17, 15) is 0 Å². The zero-order chi connectivity index (χ0) is 10.8. The first-order valence-corrected chi connectivity index (χ1v) is 5.68. The van der Waals surface area contributed by atoms with E-state index in [1.54, 1.807) is 0 Å². The van der Waals surface area contributed by atoms with Gasteiger partial charge in [0.05, 0.1) is 6.04 Å². The topological polar surface area (TPSA) is 16.1 Å². The van der Waals surface area contributed by atoms with Crippen LogP contribution in [-0.4, -0.2) is 11.5 Å². The highest BCUT2D eigenvalue weighted by molar-refractivity contribution is 5.45. The molecule has 0 amide bonds. The molecule has 0 aliphatic carbocycles. The third kappa shape index (κ3) is 1.56. The smallest absolute Gasteiger partial charge is 0.128 e. The lowest BCUT2D eigenvalue weighted by molar-refractivity contribution is 0.461. The van der Waals surface area contributed by atoms with Crippen LogP contribution in [0.2, 0.25) is 0 Å². The molecule has 3 rings (SSSR count). The quantitative estimate of drug-likeness (QED) is 0.757. The lowest BCUT2D eigenvalue weighted by Gasteiger charge is -2.42. The van der Waals surface area contributed by atoms with Gasteiger partial charge in [-0.3, -0.25) is 0 Å². The van der Waals surface area contributed by atoms with E-state index in [-0.39, 0.29) is 0 Å². The highest BCUT2D eigenvalue weighted by Crippen LogP contribution is 2.36. The normalized spacial score (nSPS) is 19.2. The number of anilines is 1. The van der Waals surface area contributed by atoms with E-state index in [1.165, 1.54) is 12.0 Å². The number of nitrogens with zero attached hydrogens (tertiary/aromatic N) is 2. The first kappa shape index (κ1) is 9.40. The molecule has 1 saturated heterocycles. The van der Waals surface area contributed by atoms with Crippen molar-refractivity contribution in [3.8, 4) is 0 Å². The summed E-state index contributed by atoms with van der Waals surface area (Å²) in [4.78, 5) is 6.76. The van der Waals surface area contributed by atoms with Gasteiger partial charge in [-0.15, -0.1) is 0 Å². The van der Waals surface area contributed by atoms with Crippen molar-refractivity contribution in [2.75, 3.05) is 11.4 Å². The number of aromatic nitrogens is 1. The Bertz CT molecular complexity index is 407. The summed E-state index contributed by atoms with van der Waals surface area (Å²) in [7, 11) is 0. The molecule has 2 nitrogen and oxygen atoms in total. The first-order chi connectivity index (χ1) is 7.95. The van der Waals surface area contributed by atoms with Crippen LogP contribution in [0.15, 0.2) is 54.7 Å². The maximum atomic E-state index is 4.40. The number of rotatable bonds is 2. The van der Waals surface area contributed by atoms with Gasteiger partial charge < -0.3 is 4.90 Å². The second kappa shape index (κ2) is 3.97. The Balaban J connectivity index is 1.85. The minimum Gasteiger partial charge on any atom is -0.349 e. The molecular weight excluding hydrogens is 196 g/mol. The van der Waals surface area contributed by atoms with E-state index in [4.69, 9.17) is 0 Å². The van der Waals surface area contributed by atoms with E-state index < -0.39 is 0 Å². The monoisotopic (exact) mass is 210 g/mol. The zero-order valence-corrected chi connectivity index (χ0v) is 9.08. The number of hydrogen-bond acceptors (Lipinski definition) is 2. The van der Waals surface area contributed by atoms with Gasteiger partial charge in [0.1, 0.15) is 5.82 Å². The van der Waals surface area contributed by atoms with Crippen molar-refractivity contribution in [1.82, 2.24) is 4.98 Å². The summed E-state index contributed by atoms with van der Waals surface area (Å²) in [5, 5.41) is 0. The number of benzene rings is 1. The molecule has 2 aromatic rings. The van der Waals surface area contributed by atoms with Gasteiger partial charge in [-0.05, 0) is 24.1 Å². The van der Waals surface area contributed by atoms with Crippen molar-refractivity contribution in [1.29, 1.82) is 0 Å². The molecule has 1 unspecified atom stereocenters. The number of pyridine rings is 1. The Hall–Kier alpha value is -1.83. The lowest BCUT2D eigenvalue weighted by Crippen LogP contribution is -2.41. The largest absolute Gasteiger partial charge is 0.349 e. The van der Waals surface area contributed by atoms with E-state index in [0.717, 1.165) is 12.4 Å². The van der Waals surface area contributed by atoms with Crippen LogP contribution in [0.4, 0.5) is 5.82 Å². The minimum atomic E-state index is 0.510. The fourth-order valence-corrected chi connectivity index (χ4v) is 2.21. The maximum absolute atomic E-state index is 4.40. The molecule has 2 heteroatoms. The van der Waals surface area contributed by atoms with E-state index in [2.05, 4.69) is 46.3 Å². The predicted octanol–water partition coefficient (Wildman–Crippen LogP) is 3.03. The molecule has 1 fully saturated rings. The van der Waals surface area contributed by atoms with Gasteiger partial charge in [0.2, 0.25) is 0 Å². The summed E-state index contributed by atoms with van der Waals surface area (Å²) in [5.41, 5.74) is 1.39. The SMILES string of the molecule is c1ccc(C2CCN2c2ccccn2)cc1. The average molecular weight is 210 g/mol. The molecule has 0 radical (unpaired) electrons. The highest BCUT2D eigenvalue weighted by Gasteiger charge is 2.29. The van der Waals surface area contributed by atoms with Crippen LogP contribution in [-0.2, 0) is 0 Å². The molecule has 1 aliphatic heterocycles. The third-order valence-corrected chi connectivity index (χ3v) is 3.15. The van der Waals surface area contributed by atoms with Crippen LogP contribution >= 0.6 is 0 Å². The minimum absolute atomic E-state index is 0.510. The summed E-state index contributed by atoms with van der Waals surface area (Å²) in [6.07, 6.45) is 3.08. The van der Waals surface area contributed by atoms with Crippen molar-refractivity contribution in [2.24, 2.45) is 0 Å². The zero-order valence-electron chi connectivity index (χ0n) is 9.08. The molecule has 0 bridgehead atoms. The third-order valence-electron chi connectivity index (χ3n) is 3.15. The fraction of sp³-hybridized carbons (Fsp3) is 0.214. The van der Waals surface area contributed by atoms with Crippen LogP contribution in [0.25, 0.3) is 0 Å². The molecule has 80 valence electrons. The average Bonchev–Trinajstić information content (AvgIpc) is 2.30. The molecule has 0 N–H and O–H groups in total. The van der Waals surface area contributed by atoms with Crippen LogP contribution < -0.4 is 4.90 Å². The Labute approximate surface area is 95.6 Å². The Morgan fingerprint density at radius 2 is 1.81 bits per heavy atom. The second-order valence-electron chi connectivity index (χ2n) is 4.10. The van der Waals surface area contributed by atoms with Gasteiger partial charge in [0.15, 0.2) is 0 Å². The van der Waals surface area contributed by atoms with E-state index in [1.807, 2.05) is 18.3 Å². The number of hydrogen-bond donors (Lipinski definition) is 0. The summed E-state index contributed by atoms with van der Waals surface area (Å²) >= 11 is 0. The maximum Gasteiger partial charge on any atom is 0.128 e. The first-order valence-electron chi connectivity index (χ1n) is 5.68. The summed E-state index contributed by atoms with van der Waals surface area (Å²) in [6.45, 7) is 1.11. The lowest BCUT2D eigenvalue weighted by atomic mass is 9.95. The molecule has 2 heterocycles. The van der Waals surface area contributed by atoms with Gasteiger partial charge in [-0.1, -0.05) is 36.4 Å².